The quantitative estimate of drug-likeness (QED) is 0.931. The molecule has 6 heteroatoms. The lowest BCUT2D eigenvalue weighted by Gasteiger charge is -2.24. The summed E-state index contributed by atoms with van der Waals surface area (Å²) >= 11 is 0. The van der Waals surface area contributed by atoms with Crippen LogP contribution in [0, 0.1) is 0 Å². The second-order valence-electron chi connectivity index (χ2n) is 4.60. The monoisotopic (exact) mass is 283 g/mol. The van der Waals surface area contributed by atoms with Crippen LogP contribution < -0.4 is 5.32 Å². The van der Waals surface area contributed by atoms with Crippen molar-refractivity contribution in [2.75, 3.05) is 7.05 Å². The first-order valence-electron chi connectivity index (χ1n) is 6.28. The molecule has 0 aliphatic rings. The van der Waals surface area contributed by atoms with Crippen molar-refractivity contribution in [2.45, 2.75) is 25.2 Å². The first-order valence-corrected chi connectivity index (χ1v) is 6.28. The Kier molecular flexibility index (Phi) is 4.13. The Hall–Kier alpha value is -1.82. The van der Waals surface area contributed by atoms with E-state index in [0.717, 1.165) is 11.6 Å². The van der Waals surface area contributed by atoms with Crippen LogP contribution in [0.15, 0.2) is 42.6 Å². The molecular weight excluding hydrogens is 267 g/mol. The van der Waals surface area contributed by atoms with Gasteiger partial charge >= 0.3 is 6.18 Å². The van der Waals surface area contributed by atoms with E-state index in [9.17, 15) is 13.2 Å². The average Bonchev–Trinajstić information content (AvgIpc) is 2.90. The number of nitrogens with zero attached hydrogens (tertiary/aromatic N) is 2. The van der Waals surface area contributed by atoms with E-state index < -0.39 is 11.9 Å². The van der Waals surface area contributed by atoms with E-state index in [1.807, 2.05) is 37.3 Å². The fourth-order valence-electron chi connectivity index (χ4n) is 2.22. The molecule has 0 saturated heterocycles. The molecule has 20 heavy (non-hydrogen) atoms. The molecule has 0 radical (unpaired) electrons. The van der Waals surface area contributed by atoms with Crippen molar-refractivity contribution in [3.63, 3.8) is 0 Å². The SMILES string of the molecule is CNC(c1ccccc1)C(C)n1ccc(C(F)(F)F)n1. The molecule has 2 aromatic rings. The molecule has 1 aromatic heterocycles. The molecule has 108 valence electrons. The third-order valence-corrected chi connectivity index (χ3v) is 3.27. The molecule has 1 N–H and O–H groups in total. The summed E-state index contributed by atoms with van der Waals surface area (Å²) in [4.78, 5) is 0. The predicted octanol–water partition coefficient (Wildman–Crippen LogP) is 3.42. The molecule has 0 bridgehead atoms. The van der Waals surface area contributed by atoms with Crippen molar-refractivity contribution in [3.05, 3.63) is 53.9 Å². The number of rotatable bonds is 4. The second-order valence-corrected chi connectivity index (χ2v) is 4.60. The lowest BCUT2D eigenvalue weighted by atomic mass is 10.0. The van der Waals surface area contributed by atoms with Gasteiger partial charge in [-0.05, 0) is 25.6 Å². The molecule has 0 saturated carbocycles. The van der Waals surface area contributed by atoms with Crippen molar-refractivity contribution in [3.8, 4) is 0 Å². The Balaban J connectivity index is 2.25. The zero-order chi connectivity index (χ0) is 14.8. The van der Waals surface area contributed by atoms with E-state index >= 15 is 0 Å². The minimum Gasteiger partial charge on any atom is -0.311 e. The maximum absolute atomic E-state index is 12.6. The molecule has 0 amide bonds. The molecule has 2 unspecified atom stereocenters. The van der Waals surface area contributed by atoms with Crippen LogP contribution in [0.2, 0.25) is 0 Å². The Morgan fingerprint density at radius 3 is 2.30 bits per heavy atom. The summed E-state index contributed by atoms with van der Waals surface area (Å²) < 4.78 is 39.1. The smallest absolute Gasteiger partial charge is 0.311 e. The minimum atomic E-state index is -4.41. The summed E-state index contributed by atoms with van der Waals surface area (Å²) in [5, 5.41) is 6.75. The summed E-state index contributed by atoms with van der Waals surface area (Å²) in [5.41, 5.74) is 0.138. The van der Waals surface area contributed by atoms with Crippen molar-refractivity contribution >= 4 is 0 Å². The van der Waals surface area contributed by atoms with Crippen LogP contribution >= 0.6 is 0 Å². The predicted molar refractivity (Wildman–Crippen MR) is 70.2 cm³/mol. The average molecular weight is 283 g/mol. The maximum Gasteiger partial charge on any atom is 0.435 e. The van der Waals surface area contributed by atoms with Crippen LogP contribution in [-0.2, 0) is 6.18 Å². The summed E-state index contributed by atoms with van der Waals surface area (Å²) in [7, 11) is 1.78. The van der Waals surface area contributed by atoms with Gasteiger partial charge in [-0.2, -0.15) is 18.3 Å². The Morgan fingerprint density at radius 1 is 1.15 bits per heavy atom. The number of benzene rings is 1. The largest absolute Gasteiger partial charge is 0.435 e. The van der Waals surface area contributed by atoms with Crippen molar-refractivity contribution in [2.24, 2.45) is 0 Å². The van der Waals surface area contributed by atoms with E-state index in [1.54, 1.807) is 7.05 Å². The van der Waals surface area contributed by atoms with Gasteiger partial charge in [0.1, 0.15) is 0 Å². The Bertz CT molecular complexity index is 548. The first kappa shape index (κ1) is 14.6. The van der Waals surface area contributed by atoms with Crippen LogP contribution in [0.1, 0.15) is 30.3 Å². The number of likely N-dealkylation sites (N-methyl/N-ethyl adjacent to an activating group) is 1. The van der Waals surface area contributed by atoms with E-state index in [-0.39, 0.29) is 12.1 Å². The molecule has 2 atom stereocenters. The van der Waals surface area contributed by atoms with Crippen LogP contribution in [0.25, 0.3) is 0 Å². The van der Waals surface area contributed by atoms with Crippen LogP contribution in [0.3, 0.4) is 0 Å². The second kappa shape index (κ2) is 5.66. The molecule has 0 aliphatic carbocycles. The van der Waals surface area contributed by atoms with Crippen LogP contribution in [0.4, 0.5) is 13.2 Å². The van der Waals surface area contributed by atoms with Crippen LogP contribution in [-0.4, -0.2) is 16.8 Å². The van der Waals surface area contributed by atoms with Gasteiger partial charge in [0.05, 0.1) is 12.1 Å². The number of alkyl halides is 3. The van der Waals surface area contributed by atoms with Crippen molar-refractivity contribution < 1.29 is 13.2 Å². The minimum absolute atomic E-state index is 0.114. The van der Waals surface area contributed by atoms with E-state index in [1.165, 1.54) is 10.9 Å². The van der Waals surface area contributed by atoms with Gasteiger partial charge in [0.2, 0.25) is 0 Å². The van der Waals surface area contributed by atoms with Crippen molar-refractivity contribution in [1.82, 2.24) is 15.1 Å². The fourth-order valence-corrected chi connectivity index (χ4v) is 2.22. The number of halogens is 3. The standard InChI is InChI=1S/C14H16F3N3/c1-10(13(18-2)11-6-4-3-5-7-11)20-9-8-12(19-20)14(15,16)17/h3-10,13,18H,1-2H3. The molecule has 0 fully saturated rings. The fraction of sp³-hybridized carbons (Fsp3) is 0.357. The summed E-state index contributed by atoms with van der Waals surface area (Å²) in [6, 6.07) is 10.2. The topological polar surface area (TPSA) is 29.9 Å². The number of nitrogens with one attached hydrogen (secondary N) is 1. The molecule has 1 heterocycles. The van der Waals surface area contributed by atoms with Gasteiger partial charge < -0.3 is 5.32 Å². The highest BCUT2D eigenvalue weighted by Gasteiger charge is 2.34. The molecular formula is C14H16F3N3. The van der Waals surface area contributed by atoms with Crippen molar-refractivity contribution in [1.29, 1.82) is 0 Å². The molecule has 3 nitrogen and oxygen atoms in total. The van der Waals surface area contributed by atoms with Gasteiger partial charge in [-0.1, -0.05) is 30.3 Å². The zero-order valence-corrected chi connectivity index (χ0v) is 11.2. The van der Waals surface area contributed by atoms with Gasteiger partial charge in [0.25, 0.3) is 0 Å². The summed E-state index contributed by atoms with van der Waals surface area (Å²) in [6.07, 6.45) is -3.05. The number of hydrogen-bond donors (Lipinski definition) is 1. The highest BCUT2D eigenvalue weighted by Crippen LogP contribution is 2.30. The van der Waals surface area contributed by atoms with Gasteiger partial charge in [0, 0.05) is 6.20 Å². The van der Waals surface area contributed by atoms with Gasteiger partial charge in [-0.3, -0.25) is 4.68 Å². The summed E-state index contributed by atoms with van der Waals surface area (Å²) in [6.45, 7) is 1.83. The third-order valence-electron chi connectivity index (χ3n) is 3.27. The lowest BCUT2D eigenvalue weighted by Crippen LogP contribution is -2.26. The highest BCUT2D eigenvalue weighted by atomic mass is 19.4. The lowest BCUT2D eigenvalue weighted by molar-refractivity contribution is -0.141. The molecule has 0 spiro atoms. The summed E-state index contributed by atoms with van der Waals surface area (Å²) in [5.74, 6) is 0. The first-order chi connectivity index (χ1) is 9.43. The van der Waals surface area contributed by atoms with E-state index in [4.69, 9.17) is 0 Å². The zero-order valence-electron chi connectivity index (χ0n) is 11.2. The number of aromatic nitrogens is 2. The van der Waals surface area contributed by atoms with E-state index in [0.29, 0.717) is 0 Å². The molecule has 2 rings (SSSR count). The number of hydrogen-bond acceptors (Lipinski definition) is 2. The van der Waals surface area contributed by atoms with Crippen LogP contribution in [0.5, 0.6) is 0 Å². The Labute approximate surface area is 115 Å². The maximum atomic E-state index is 12.6. The van der Waals surface area contributed by atoms with Gasteiger partial charge in [-0.15, -0.1) is 0 Å². The van der Waals surface area contributed by atoms with Gasteiger partial charge in [0.15, 0.2) is 5.69 Å². The molecule has 0 aliphatic heterocycles. The Morgan fingerprint density at radius 2 is 1.80 bits per heavy atom. The van der Waals surface area contributed by atoms with Gasteiger partial charge in [-0.25, -0.2) is 0 Å². The molecule has 1 aromatic carbocycles. The van der Waals surface area contributed by atoms with E-state index in [2.05, 4.69) is 10.4 Å². The highest BCUT2D eigenvalue weighted by molar-refractivity contribution is 5.20. The third kappa shape index (κ3) is 3.01. The normalized spacial score (nSPS) is 15.1.